The van der Waals surface area contributed by atoms with Gasteiger partial charge in [0.05, 0.1) is 7.11 Å². The van der Waals surface area contributed by atoms with Crippen molar-refractivity contribution < 1.29 is 17.9 Å². The quantitative estimate of drug-likeness (QED) is 0.866. The van der Waals surface area contributed by atoms with Crippen LogP contribution in [0.2, 0.25) is 0 Å². The lowest BCUT2D eigenvalue weighted by molar-refractivity contribution is 0.351. The molecule has 0 saturated heterocycles. The highest BCUT2D eigenvalue weighted by atomic mass is 19.1. The summed E-state index contributed by atoms with van der Waals surface area (Å²) in [5.74, 6) is -3.56. The third kappa shape index (κ3) is 2.47. The first-order chi connectivity index (χ1) is 7.51. The van der Waals surface area contributed by atoms with E-state index in [1.165, 1.54) is 0 Å². The molecule has 0 saturated carbocycles. The maximum Gasteiger partial charge on any atom is 0.190 e. The Morgan fingerprint density at radius 1 is 1.31 bits per heavy atom. The molecule has 0 aliphatic rings. The highest BCUT2D eigenvalue weighted by Gasteiger charge is 2.20. The van der Waals surface area contributed by atoms with Crippen molar-refractivity contribution in [3.63, 3.8) is 0 Å². The first-order valence-corrected chi connectivity index (χ1v) is 4.97. The summed E-state index contributed by atoms with van der Waals surface area (Å²) in [6, 6.07) is 0.249. The summed E-state index contributed by atoms with van der Waals surface area (Å²) in [6.07, 6.45) is 0.601. The summed E-state index contributed by atoms with van der Waals surface area (Å²) in [7, 11) is 1.13. The van der Waals surface area contributed by atoms with Crippen molar-refractivity contribution in [3.05, 3.63) is 29.1 Å². The van der Waals surface area contributed by atoms with Gasteiger partial charge in [0.25, 0.3) is 0 Å². The highest BCUT2D eigenvalue weighted by Crippen LogP contribution is 2.27. The summed E-state index contributed by atoms with van der Waals surface area (Å²) in [5, 5.41) is 0. The Kier molecular flexibility index (Phi) is 4.18. The molecule has 16 heavy (non-hydrogen) atoms. The average Bonchev–Trinajstić information content (AvgIpc) is 2.24. The van der Waals surface area contributed by atoms with Crippen LogP contribution in [-0.2, 0) is 6.42 Å². The molecule has 1 aromatic carbocycles. The molecule has 1 rings (SSSR count). The largest absolute Gasteiger partial charge is 0.491 e. The first-order valence-electron chi connectivity index (χ1n) is 4.97. The molecule has 0 spiro atoms. The Morgan fingerprint density at radius 3 is 2.44 bits per heavy atom. The number of nitrogens with two attached hydrogens (primary N) is 1. The molecule has 0 aliphatic heterocycles. The molecular weight excluding hydrogens is 219 g/mol. The summed E-state index contributed by atoms with van der Waals surface area (Å²) in [4.78, 5) is 0. The fourth-order valence-electron chi connectivity index (χ4n) is 1.39. The van der Waals surface area contributed by atoms with E-state index < -0.39 is 23.2 Å². The minimum absolute atomic E-state index is 0.0187. The van der Waals surface area contributed by atoms with Crippen LogP contribution in [0.25, 0.3) is 0 Å². The van der Waals surface area contributed by atoms with Crippen LogP contribution in [0.3, 0.4) is 0 Å². The van der Waals surface area contributed by atoms with Crippen LogP contribution in [0, 0.1) is 17.5 Å². The van der Waals surface area contributed by atoms with E-state index in [9.17, 15) is 13.2 Å². The van der Waals surface area contributed by atoms with Crippen molar-refractivity contribution in [1.82, 2.24) is 0 Å². The maximum atomic E-state index is 13.6. The molecule has 2 N–H and O–H groups in total. The Morgan fingerprint density at radius 2 is 1.94 bits per heavy atom. The van der Waals surface area contributed by atoms with E-state index in [2.05, 4.69) is 4.74 Å². The molecule has 0 bridgehead atoms. The molecule has 1 unspecified atom stereocenters. The second-order valence-corrected chi connectivity index (χ2v) is 3.54. The second kappa shape index (κ2) is 5.21. The zero-order valence-corrected chi connectivity index (χ0v) is 9.19. The Labute approximate surface area is 92.2 Å². The van der Waals surface area contributed by atoms with E-state index in [1.54, 1.807) is 6.92 Å². The predicted octanol–water partition coefficient (Wildman–Crippen LogP) is 2.39. The standard InChI is InChI=1S/C11H14F3NO/c1-3-6(15)4-7-8(12)5-9(13)11(16-2)10(7)14/h5-6H,3-4,15H2,1-2H3. The van der Waals surface area contributed by atoms with Crippen molar-refractivity contribution in [3.8, 4) is 5.75 Å². The van der Waals surface area contributed by atoms with Crippen LogP contribution in [0.4, 0.5) is 13.2 Å². The Balaban J connectivity index is 3.17. The Bertz CT molecular complexity index is 382. The SMILES string of the molecule is CCC(N)Cc1c(F)cc(F)c(OC)c1F. The van der Waals surface area contributed by atoms with Gasteiger partial charge in [-0.05, 0) is 12.8 Å². The second-order valence-electron chi connectivity index (χ2n) is 3.54. The van der Waals surface area contributed by atoms with Crippen molar-refractivity contribution >= 4 is 0 Å². The normalized spacial score (nSPS) is 12.6. The van der Waals surface area contributed by atoms with Crippen LogP contribution in [0.15, 0.2) is 6.07 Å². The number of rotatable bonds is 4. The van der Waals surface area contributed by atoms with Crippen molar-refractivity contribution in [2.45, 2.75) is 25.8 Å². The lowest BCUT2D eigenvalue weighted by Gasteiger charge is -2.13. The summed E-state index contributed by atoms with van der Waals surface area (Å²) < 4.78 is 44.6. The number of methoxy groups -OCH3 is 1. The topological polar surface area (TPSA) is 35.2 Å². The number of benzene rings is 1. The van der Waals surface area contributed by atoms with Crippen LogP contribution in [0.1, 0.15) is 18.9 Å². The number of hydrogen-bond acceptors (Lipinski definition) is 2. The minimum Gasteiger partial charge on any atom is -0.491 e. The third-order valence-corrected chi connectivity index (χ3v) is 2.42. The summed E-state index contributed by atoms with van der Waals surface area (Å²) >= 11 is 0. The zero-order chi connectivity index (χ0) is 12.3. The van der Waals surface area contributed by atoms with Gasteiger partial charge in [0.2, 0.25) is 0 Å². The van der Waals surface area contributed by atoms with E-state index in [-0.39, 0.29) is 18.0 Å². The summed E-state index contributed by atoms with van der Waals surface area (Å²) in [5.41, 5.74) is 5.38. The number of halogens is 3. The lowest BCUT2D eigenvalue weighted by atomic mass is 10.0. The van der Waals surface area contributed by atoms with E-state index in [1.807, 2.05) is 0 Å². The Hall–Kier alpha value is -1.23. The van der Waals surface area contributed by atoms with Gasteiger partial charge in [-0.25, -0.2) is 13.2 Å². The van der Waals surface area contributed by atoms with Gasteiger partial charge < -0.3 is 10.5 Å². The van der Waals surface area contributed by atoms with Gasteiger partial charge in [0.15, 0.2) is 17.4 Å². The van der Waals surface area contributed by atoms with Crippen LogP contribution >= 0.6 is 0 Å². The van der Waals surface area contributed by atoms with Gasteiger partial charge in [-0.3, -0.25) is 0 Å². The van der Waals surface area contributed by atoms with E-state index in [0.29, 0.717) is 12.5 Å². The van der Waals surface area contributed by atoms with Gasteiger partial charge in [-0.1, -0.05) is 6.92 Å². The molecule has 0 radical (unpaired) electrons. The van der Waals surface area contributed by atoms with Crippen LogP contribution in [0.5, 0.6) is 5.75 Å². The maximum absolute atomic E-state index is 13.6. The van der Waals surface area contributed by atoms with Gasteiger partial charge in [-0.15, -0.1) is 0 Å². The van der Waals surface area contributed by atoms with Gasteiger partial charge in [0.1, 0.15) is 5.82 Å². The molecule has 5 heteroatoms. The molecule has 0 amide bonds. The summed E-state index contributed by atoms with van der Waals surface area (Å²) in [6.45, 7) is 1.81. The van der Waals surface area contributed by atoms with Crippen molar-refractivity contribution in [2.24, 2.45) is 5.73 Å². The van der Waals surface area contributed by atoms with Gasteiger partial charge in [-0.2, -0.15) is 0 Å². The van der Waals surface area contributed by atoms with Gasteiger partial charge in [0, 0.05) is 17.7 Å². The van der Waals surface area contributed by atoms with Crippen molar-refractivity contribution in [1.29, 1.82) is 0 Å². The monoisotopic (exact) mass is 233 g/mol. The molecule has 0 aromatic heterocycles. The van der Waals surface area contributed by atoms with E-state index in [4.69, 9.17) is 5.73 Å². The molecule has 0 heterocycles. The van der Waals surface area contributed by atoms with Crippen LogP contribution < -0.4 is 10.5 Å². The smallest absolute Gasteiger partial charge is 0.190 e. The number of ether oxygens (including phenoxy) is 1. The van der Waals surface area contributed by atoms with E-state index in [0.717, 1.165) is 7.11 Å². The van der Waals surface area contributed by atoms with E-state index >= 15 is 0 Å². The average molecular weight is 233 g/mol. The van der Waals surface area contributed by atoms with Gasteiger partial charge >= 0.3 is 0 Å². The minimum atomic E-state index is -1.05. The third-order valence-electron chi connectivity index (χ3n) is 2.42. The molecule has 2 nitrogen and oxygen atoms in total. The molecule has 1 aromatic rings. The molecular formula is C11H14F3NO. The van der Waals surface area contributed by atoms with Crippen molar-refractivity contribution in [2.75, 3.05) is 7.11 Å². The first kappa shape index (κ1) is 12.8. The predicted molar refractivity (Wildman–Crippen MR) is 54.8 cm³/mol. The molecule has 0 aliphatic carbocycles. The highest BCUT2D eigenvalue weighted by molar-refractivity contribution is 5.34. The molecule has 90 valence electrons. The molecule has 0 fully saturated rings. The molecule has 1 atom stereocenters. The fourth-order valence-corrected chi connectivity index (χ4v) is 1.39. The van der Waals surface area contributed by atoms with Crippen LogP contribution in [-0.4, -0.2) is 13.2 Å². The lowest BCUT2D eigenvalue weighted by Crippen LogP contribution is -2.23. The number of hydrogen-bond donors (Lipinski definition) is 1. The fraction of sp³-hybridized carbons (Fsp3) is 0.455. The zero-order valence-electron chi connectivity index (χ0n) is 9.19.